The molecule has 16 heteroatoms. The van der Waals surface area contributed by atoms with Gasteiger partial charge >= 0.3 is 0 Å². The molecule has 13 nitrogen and oxygen atoms in total. The van der Waals surface area contributed by atoms with E-state index in [1.54, 1.807) is 36.4 Å². The zero-order valence-electron chi connectivity index (χ0n) is 36.4. The third-order valence-corrected chi connectivity index (χ3v) is 15.0. The molecule has 0 spiro atoms. The molecule has 64 heavy (non-hydrogen) atoms. The third kappa shape index (κ3) is 11.0. The van der Waals surface area contributed by atoms with Gasteiger partial charge < -0.3 is 24.6 Å². The molecule has 340 valence electrons. The zero-order chi connectivity index (χ0) is 45.0. The Labute approximate surface area is 385 Å². The largest absolute Gasteiger partial charge is 0.455 e. The fraction of sp³-hybridized carbons (Fsp3) is 0.438. The topological polar surface area (TPSA) is 147 Å². The van der Waals surface area contributed by atoms with Crippen molar-refractivity contribution >= 4 is 61.8 Å². The first-order chi connectivity index (χ1) is 30.7. The number of allylic oxidation sites excluding steroid dienone is 1. The number of nitrogens with one attached hydrogen (secondary N) is 2. The Morgan fingerprint density at radius 1 is 0.891 bits per heavy atom. The van der Waals surface area contributed by atoms with Gasteiger partial charge in [-0.2, -0.15) is 0 Å². The van der Waals surface area contributed by atoms with Gasteiger partial charge in [0.15, 0.2) is 0 Å². The molecule has 3 saturated heterocycles. The molecular formula is C48H56Cl2N6O7S. The van der Waals surface area contributed by atoms with Gasteiger partial charge in [-0.25, -0.2) is 13.1 Å². The van der Waals surface area contributed by atoms with E-state index in [-0.39, 0.29) is 34.2 Å². The number of halogens is 2. The summed E-state index contributed by atoms with van der Waals surface area (Å²) in [5.41, 5.74) is 4.92. The number of hydrogen-bond acceptors (Lipinski definition) is 11. The summed E-state index contributed by atoms with van der Waals surface area (Å²) in [5.74, 6) is -0.562. The number of sulfonamides is 1. The molecule has 0 aromatic heterocycles. The van der Waals surface area contributed by atoms with E-state index < -0.39 is 31.4 Å². The molecule has 0 saturated carbocycles. The number of ether oxygens (including phenoxy) is 2. The second-order valence-corrected chi connectivity index (χ2v) is 20.6. The lowest BCUT2D eigenvalue weighted by atomic mass is 9.72. The molecular weight excluding hydrogens is 876 g/mol. The monoisotopic (exact) mass is 930 g/mol. The van der Waals surface area contributed by atoms with E-state index in [4.69, 9.17) is 32.7 Å². The van der Waals surface area contributed by atoms with Gasteiger partial charge in [-0.15, -0.1) is 0 Å². The predicted molar refractivity (Wildman–Crippen MR) is 252 cm³/mol. The van der Waals surface area contributed by atoms with Crippen molar-refractivity contribution in [3.05, 3.63) is 122 Å². The number of nitrogens with zero attached hydrogens (tertiary/aromatic N) is 4. The molecule has 4 aromatic rings. The average molecular weight is 932 g/mol. The van der Waals surface area contributed by atoms with E-state index in [0.29, 0.717) is 11.1 Å². The number of nitro groups is 1. The fourth-order valence-electron chi connectivity index (χ4n) is 9.39. The van der Waals surface area contributed by atoms with Crippen molar-refractivity contribution in [3.8, 4) is 11.5 Å². The number of anilines is 2. The zero-order valence-corrected chi connectivity index (χ0v) is 38.7. The van der Waals surface area contributed by atoms with E-state index in [9.17, 15) is 23.3 Å². The van der Waals surface area contributed by atoms with Crippen LogP contribution in [0.1, 0.15) is 74.7 Å². The summed E-state index contributed by atoms with van der Waals surface area (Å²) in [6, 6.07) is 24.2. The maximum Gasteiger partial charge on any atom is 0.293 e. The number of nitro benzene ring substituents is 1. The van der Waals surface area contributed by atoms with Gasteiger partial charge in [-0.3, -0.25) is 19.8 Å². The molecule has 8 rings (SSSR count). The van der Waals surface area contributed by atoms with E-state index >= 15 is 0 Å². The number of carbonyl (C=O) groups is 1. The number of rotatable bonds is 13. The molecule has 3 heterocycles. The lowest BCUT2D eigenvalue weighted by Gasteiger charge is -2.39. The van der Waals surface area contributed by atoms with Crippen LogP contribution in [0, 0.1) is 15.5 Å². The first kappa shape index (κ1) is 45.9. The highest BCUT2D eigenvalue weighted by atomic mass is 35.5. The molecule has 1 amide bonds. The SMILES string of the molecule is CC1(C)CCC(CN2CCN(c3ccc(C(=O)NS(=O)(=O)c4ccc(NC5CCN(C6CCOCC6)CC5)c([N+](=O)[O-])c4)c(Oc4ccccc4Cl)c3)CC2)=C(c2ccc(Cl)cc2)C1. The van der Waals surface area contributed by atoms with Crippen molar-refractivity contribution in [2.75, 3.05) is 69.2 Å². The number of benzene rings is 4. The van der Waals surface area contributed by atoms with E-state index in [1.165, 1.54) is 34.9 Å². The number of piperazine rings is 1. The highest BCUT2D eigenvalue weighted by Crippen LogP contribution is 2.44. The van der Waals surface area contributed by atoms with E-state index in [1.807, 2.05) is 12.1 Å². The smallest absolute Gasteiger partial charge is 0.293 e. The van der Waals surface area contributed by atoms with Crippen LogP contribution in [-0.4, -0.2) is 100 Å². The minimum atomic E-state index is -4.57. The molecule has 0 bridgehead atoms. The van der Waals surface area contributed by atoms with E-state index in [2.05, 4.69) is 50.7 Å². The highest BCUT2D eigenvalue weighted by molar-refractivity contribution is 7.90. The second kappa shape index (κ2) is 19.8. The van der Waals surface area contributed by atoms with Crippen molar-refractivity contribution in [2.45, 2.75) is 75.8 Å². The van der Waals surface area contributed by atoms with Crippen LogP contribution in [0.25, 0.3) is 5.57 Å². The van der Waals surface area contributed by atoms with E-state index in [0.717, 1.165) is 121 Å². The van der Waals surface area contributed by atoms with Crippen LogP contribution >= 0.6 is 23.2 Å². The second-order valence-electron chi connectivity index (χ2n) is 18.1. The summed E-state index contributed by atoms with van der Waals surface area (Å²) in [5, 5.41) is 16.6. The maximum atomic E-state index is 13.9. The standard InChI is InChI=1S/C48H56Cl2N6O7S/c1-48(2)20-15-34(41(31-48)33-7-9-35(49)10-8-33)32-53-23-25-55(26-24-53)38-11-13-40(46(29-38)63-45-6-4-3-5-42(45)50)47(57)52-64(60,61)39-12-14-43(44(30-39)56(58)59)51-36-16-21-54(22-17-36)37-18-27-62-28-19-37/h3-14,29-30,36-37,51H,15-28,31-32H2,1-2H3,(H,52,57). The Hall–Kier alpha value is -4.70. The normalized spacial score (nSPS) is 19.3. The van der Waals surface area contributed by atoms with Crippen LogP contribution in [0.3, 0.4) is 0 Å². The van der Waals surface area contributed by atoms with Crippen LogP contribution in [0.15, 0.2) is 95.4 Å². The number of para-hydroxylation sites is 1. The van der Waals surface area contributed by atoms with Gasteiger partial charge in [-0.1, -0.05) is 66.9 Å². The van der Waals surface area contributed by atoms with Crippen molar-refractivity contribution in [2.24, 2.45) is 5.41 Å². The maximum absolute atomic E-state index is 13.9. The Morgan fingerprint density at radius 3 is 2.31 bits per heavy atom. The van der Waals surface area contributed by atoms with Crippen molar-refractivity contribution < 1.29 is 27.6 Å². The molecule has 4 aromatic carbocycles. The highest BCUT2D eigenvalue weighted by Gasteiger charge is 2.32. The average Bonchev–Trinajstić information content (AvgIpc) is 3.28. The first-order valence-electron chi connectivity index (χ1n) is 22.2. The molecule has 0 radical (unpaired) electrons. The van der Waals surface area contributed by atoms with Gasteiger partial charge in [-0.05, 0) is 110 Å². The number of piperidine rings is 1. The third-order valence-electron chi connectivity index (χ3n) is 13.1. The summed E-state index contributed by atoms with van der Waals surface area (Å²) in [7, 11) is -4.57. The lowest BCUT2D eigenvalue weighted by molar-refractivity contribution is -0.384. The van der Waals surface area contributed by atoms with Gasteiger partial charge in [0.25, 0.3) is 21.6 Å². The molecule has 0 unspecified atom stereocenters. The molecule has 3 fully saturated rings. The summed E-state index contributed by atoms with van der Waals surface area (Å²) in [6.45, 7) is 11.9. The number of likely N-dealkylation sites (tertiary alicyclic amines) is 1. The van der Waals surface area contributed by atoms with Crippen LogP contribution in [0.5, 0.6) is 11.5 Å². The molecule has 2 N–H and O–H groups in total. The number of hydrogen-bond donors (Lipinski definition) is 2. The Balaban J connectivity index is 0.960. The lowest BCUT2D eigenvalue weighted by Crippen LogP contribution is -2.47. The van der Waals surface area contributed by atoms with Crippen LogP contribution in [0.2, 0.25) is 10.0 Å². The summed E-state index contributed by atoms with van der Waals surface area (Å²) in [4.78, 5) is 32.4. The predicted octanol–water partition coefficient (Wildman–Crippen LogP) is 9.65. The van der Waals surface area contributed by atoms with Crippen LogP contribution in [0.4, 0.5) is 17.1 Å². The fourth-order valence-corrected chi connectivity index (χ4v) is 10.7. The summed E-state index contributed by atoms with van der Waals surface area (Å²) < 4.78 is 41.4. The minimum Gasteiger partial charge on any atom is -0.455 e. The molecule has 0 atom stereocenters. The van der Waals surface area contributed by atoms with Gasteiger partial charge in [0, 0.05) is 94.0 Å². The Morgan fingerprint density at radius 2 is 1.61 bits per heavy atom. The quantitative estimate of drug-likeness (QED) is 0.0976. The molecule has 3 aliphatic heterocycles. The van der Waals surface area contributed by atoms with Gasteiger partial charge in [0.2, 0.25) is 0 Å². The van der Waals surface area contributed by atoms with Gasteiger partial charge in [0.05, 0.1) is 20.4 Å². The van der Waals surface area contributed by atoms with Crippen molar-refractivity contribution in [3.63, 3.8) is 0 Å². The summed E-state index contributed by atoms with van der Waals surface area (Å²) >= 11 is 12.7. The minimum absolute atomic E-state index is 0.0127. The molecule has 4 aliphatic rings. The van der Waals surface area contributed by atoms with Gasteiger partial charge in [0.1, 0.15) is 17.2 Å². The summed E-state index contributed by atoms with van der Waals surface area (Å²) in [6.07, 6.45) is 6.78. The Kier molecular flexibility index (Phi) is 14.2. The van der Waals surface area contributed by atoms with Crippen LogP contribution < -0.4 is 19.7 Å². The number of carbonyl (C=O) groups excluding carboxylic acids is 1. The Bertz CT molecular complexity index is 2480. The van der Waals surface area contributed by atoms with Crippen molar-refractivity contribution in [1.29, 1.82) is 0 Å². The first-order valence-corrected chi connectivity index (χ1v) is 24.4. The van der Waals surface area contributed by atoms with Crippen molar-refractivity contribution in [1.82, 2.24) is 14.5 Å². The molecule has 1 aliphatic carbocycles. The van der Waals surface area contributed by atoms with Crippen LogP contribution in [-0.2, 0) is 14.8 Å². The number of amides is 1.